The van der Waals surface area contributed by atoms with E-state index in [9.17, 15) is 8.42 Å². The van der Waals surface area contributed by atoms with Gasteiger partial charge in [-0.25, -0.2) is 8.42 Å². The van der Waals surface area contributed by atoms with E-state index in [0.29, 0.717) is 17.1 Å². The molecule has 7 heteroatoms. The minimum Gasteiger partial charge on any atom is -0.494 e. The summed E-state index contributed by atoms with van der Waals surface area (Å²) in [5.74, 6) is 0.270. The molecule has 0 fully saturated rings. The Labute approximate surface area is 113 Å². The zero-order chi connectivity index (χ0) is 14.5. The third kappa shape index (κ3) is 5.35. The first-order chi connectivity index (χ1) is 8.84. The van der Waals surface area contributed by atoms with Gasteiger partial charge in [-0.05, 0) is 26.0 Å². The van der Waals surface area contributed by atoms with E-state index in [1.807, 2.05) is 13.8 Å². The van der Waals surface area contributed by atoms with Gasteiger partial charge in [0.05, 0.1) is 31.3 Å². The van der Waals surface area contributed by atoms with Gasteiger partial charge in [0.2, 0.25) is 10.0 Å². The molecule has 19 heavy (non-hydrogen) atoms. The second-order valence-electron chi connectivity index (χ2n) is 4.30. The molecule has 0 amide bonds. The van der Waals surface area contributed by atoms with Crippen LogP contribution in [0.15, 0.2) is 18.2 Å². The standard InChI is InChI=1S/C12H20N2O4S/c1-9(2)18-6-7-19(15,16)14-11-5-4-10(13)8-12(11)17-3/h4-5,8-9,14H,6-7,13H2,1-3H3. The number of methoxy groups -OCH3 is 1. The van der Waals surface area contributed by atoms with E-state index >= 15 is 0 Å². The number of hydrogen-bond donors (Lipinski definition) is 2. The zero-order valence-corrected chi connectivity index (χ0v) is 12.2. The van der Waals surface area contributed by atoms with Gasteiger partial charge in [0.25, 0.3) is 0 Å². The smallest absolute Gasteiger partial charge is 0.235 e. The molecule has 0 spiro atoms. The number of nitrogens with two attached hydrogens (primary N) is 1. The van der Waals surface area contributed by atoms with Crippen molar-refractivity contribution in [3.8, 4) is 5.75 Å². The second kappa shape index (κ2) is 6.63. The average molecular weight is 288 g/mol. The van der Waals surface area contributed by atoms with Crippen molar-refractivity contribution >= 4 is 21.4 Å². The van der Waals surface area contributed by atoms with Gasteiger partial charge in [0, 0.05) is 11.8 Å². The quantitative estimate of drug-likeness (QED) is 0.741. The van der Waals surface area contributed by atoms with Gasteiger partial charge in [-0.2, -0.15) is 0 Å². The van der Waals surface area contributed by atoms with Gasteiger partial charge in [0.15, 0.2) is 0 Å². The Hall–Kier alpha value is -1.47. The summed E-state index contributed by atoms with van der Waals surface area (Å²) in [5, 5.41) is 0. The highest BCUT2D eigenvalue weighted by Gasteiger charge is 2.14. The van der Waals surface area contributed by atoms with Crippen molar-refractivity contribution in [3.63, 3.8) is 0 Å². The van der Waals surface area contributed by atoms with Crippen LogP contribution in [0.1, 0.15) is 13.8 Å². The number of benzene rings is 1. The normalized spacial score (nSPS) is 11.6. The van der Waals surface area contributed by atoms with Crippen LogP contribution in [0, 0.1) is 0 Å². The van der Waals surface area contributed by atoms with E-state index in [2.05, 4.69) is 4.72 Å². The molecule has 3 N–H and O–H groups in total. The first kappa shape index (κ1) is 15.6. The van der Waals surface area contributed by atoms with E-state index in [1.54, 1.807) is 18.2 Å². The first-order valence-electron chi connectivity index (χ1n) is 5.89. The van der Waals surface area contributed by atoms with Crippen molar-refractivity contribution in [2.75, 3.05) is 29.9 Å². The van der Waals surface area contributed by atoms with E-state index in [0.717, 1.165) is 0 Å². The Balaban J connectivity index is 2.72. The van der Waals surface area contributed by atoms with Gasteiger partial charge < -0.3 is 15.2 Å². The molecule has 108 valence electrons. The summed E-state index contributed by atoms with van der Waals surface area (Å²) in [6.45, 7) is 3.84. The maximum atomic E-state index is 11.9. The Morgan fingerprint density at radius 3 is 2.63 bits per heavy atom. The van der Waals surface area contributed by atoms with Crippen molar-refractivity contribution in [1.29, 1.82) is 0 Å². The van der Waals surface area contributed by atoms with Crippen LogP contribution in [0.3, 0.4) is 0 Å². The Morgan fingerprint density at radius 1 is 1.37 bits per heavy atom. The highest BCUT2D eigenvalue weighted by molar-refractivity contribution is 7.92. The van der Waals surface area contributed by atoms with E-state index < -0.39 is 10.0 Å². The van der Waals surface area contributed by atoms with Crippen LogP contribution in [0.4, 0.5) is 11.4 Å². The topological polar surface area (TPSA) is 90.6 Å². The molecule has 0 saturated carbocycles. The fourth-order valence-corrected chi connectivity index (χ4v) is 2.33. The van der Waals surface area contributed by atoms with Gasteiger partial charge >= 0.3 is 0 Å². The summed E-state index contributed by atoms with van der Waals surface area (Å²) >= 11 is 0. The molecular formula is C12H20N2O4S. The lowest BCUT2D eigenvalue weighted by Gasteiger charge is -2.13. The highest BCUT2D eigenvalue weighted by atomic mass is 32.2. The predicted molar refractivity (Wildman–Crippen MR) is 75.9 cm³/mol. The maximum absolute atomic E-state index is 11.9. The van der Waals surface area contributed by atoms with E-state index in [1.165, 1.54) is 7.11 Å². The SMILES string of the molecule is COc1cc(N)ccc1NS(=O)(=O)CCOC(C)C. The molecule has 0 bridgehead atoms. The van der Waals surface area contributed by atoms with Crippen LogP contribution in [0.5, 0.6) is 5.75 Å². The van der Waals surface area contributed by atoms with E-state index in [-0.39, 0.29) is 18.5 Å². The third-order valence-electron chi connectivity index (χ3n) is 2.29. The molecule has 1 aromatic rings. The van der Waals surface area contributed by atoms with Gasteiger partial charge in [-0.3, -0.25) is 4.72 Å². The van der Waals surface area contributed by atoms with Gasteiger partial charge in [0.1, 0.15) is 5.75 Å². The molecule has 1 rings (SSSR count). The van der Waals surface area contributed by atoms with Crippen LogP contribution in [-0.4, -0.2) is 34.0 Å². The number of hydrogen-bond acceptors (Lipinski definition) is 5. The summed E-state index contributed by atoms with van der Waals surface area (Å²) in [4.78, 5) is 0. The molecule has 1 aromatic carbocycles. The summed E-state index contributed by atoms with van der Waals surface area (Å²) in [6.07, 6.45) is 0.00117. The summed E-state index contributed by atoms with van der Waals surface area (Å²) in [7, 11) is -2.02. The van der Waals surface area contributed by atoms with E-state index in [4.69, 9.17) is 15.2 Å². The average Bonchev–Trinajstić information content (AvgIpc) is 2.30. The Bertz CT molecular complexity index is 514. The molecular weight excluding hydrogens is 268 g/mol. The molecule has 0 heterocycles. The monoisotopic (exact) mass is 288 g/mol. The lowest BCUT2D eigenvalue weighted by atomic mass is 10.2. The van der Waals surface area contributed by atoms with Crippen LogP contribution in [0.25, 0.3) is 0 Å². The molecule has 0 aromatic heterocycles. The second-order valence-corrected chi connectivity index (χ2v) is 6.14. The van der Waals surface area contributed by atoms with Crippen LogP contribution in [-0.2, 0) is 14.8 Å². The van der Waals surface area contributed by atoms with Crippen molar-refractivity contribution in [3.05, 3.63) is 18.2 Å². The molecule has 0 atom stereocenters. The maximum Gasteiger partial charge on any atom is 0.235 e. The lowest BCUT2D eigenvalue weighted by Crippen LogP contribution is -2.21. The van der Waals surface area contributed by atoms with Gasteiger partial charge in [-0.1, -0.05) is 0 Å². The summed E-state index contributed by atoms with van der Waals surface area (Å²) < 4.78 is 36.5. The zero-order valence-electron chi connectivity index (χ0n) is 11.3. The molecule has 0 aliphatic carbocycles. The van der Waals surface area contributed by atoms with Crippen molar-refractivity contribution in [2.45, 2.75) is 20.0 Å². The van der Waals surface area contributed by atoms with Crippen LogP contribution < -0.4 is 15.2 Å². The lowest BCUT2D eigenvalue weighted by molar-refractivity contribution is 0.0913. The van der Waals surface area contributed by atoms with Crippen molar-refractivity contribution in [1.82, 2.24) is 0 Å². The third-order valence-corrected chi connectivity index (χ3v) is 3.53. The van der Waals surface area contributed by atoms with Crippen molar-refractivity contribution in [2.24, 2.45) is 0 Å². The van der Waals surface area contributed by atoms with Gasteiger partial charge in [-0.15, -0.1) is 0 Å². The molecule has 0 radical (unpaired) electrons. The number of rotatable bonds is 7. The fourth-order valence-electron chi connectivity index (χ4n) is 1.40. The highest BCUT2D eigenvalue weighted by Crippen LogP contribution is 2.27. The summed E-state index contributed by atoms with van der Waals surface area (Å²) in [6, 6.07) is 4.72. The molecule has 0 saturated heterocycles. The van der Waals surface area contributed by atoms with Crippen LogP contribution in [0.2, 0.25) is 0 Å². The largest absolute Gasteiger partial charge is 0.494 e. The number of nitrogen functional groups attached to an aromatic ring is 1. The first-order valence-corrected chi connectivity index (χ1v) is 7.55. The Morgan fingerprint density at radius 2 is 2.05 bits per heavy atom. The predicted octanol–water partition coefficient (Wildman–Crippen LogP) is 1.44. The fraction of sp³-hybridized carbons (Fsp3) is 0.500. The molecule has 6 nitrogen and oxygen atoms in total. The minimum atomic E-state index is -3.47. The number of nitrogens with one attached hydrogen (secondary N) is 1. The number of ether oxygens (including phenoxy) is 2. The number of anilines is 2. The molecule has 0 aliphatic heterocycles. The Kier molecular flexibility index (Phi) is 5.44. The van der Waals surface area contributed by atoms with Crippen molar-refractivity contribution < 1.29 is 17.9 Å². The van der Waals surface area contributed by atoms with Crippen LogP contribution >= 0.6 is 0 Å². The molecule has 0 unspecified atom stereocenters. The summed E-state index contributed by atoms with van der Waals surface area (Å²) in [5.41, 5.74) is 6.47. The minimum absolute atomic E-state index is 0.00117. The molecule has 0 aliphatic rings. The number of sulfonamides is 1.